The van der Waals surface area contributed by atoms with Gasteiger partial charge in [-0.1, -0.05) is 38.3 Å². The summed E-state index contributed by atoms with van der Waals surface area (Å²) in [5, 5.41) is 0. The fraction of sp³-hybridized carbons (Fsp3) is 0.833. The first kappa shape index (κ1) is 9.26. The predicted molar refractivity (Wildman–Crippen MR) is 56.8 cm³/mol. The van der Waals surface area contributed by atoms with Crippen molar-refractivity contribution < 1.29 is 0 Å². The molecule has 1 saturated heterocycles. The molecule has 1 heterocycles. The van der Waals surface area contributed by atoms with Crippen LogP contribution in [0.4, 0.5) is 0 Å². The van der Waals surface area contributed by atoms with Crippen LogP contribution in [0.5, 0.6) is 0 Å². The average molecular weight is 179 g/mol. The third-order valence-electron chi connectivity index (χ3n) is 3.70. The summed E-state index contributed by atoms with van der Waals surface area (Å²) in [5.74, 6) is 0.738. The zero-order valence-corrected chi connectivity index (χ0v) is 8.76. The van der Waals surface area contributed by atoms with Crippen LogP contribution in [0.2, 0.25) is 0 Å². The smallest absolute Gasteiger partial charge is 0.0196 e. The highest BCUT2D eigenvalue weighted by atomic mass is 15.2. The van der Waals surface area contributed by atoms with Crippen LogP contribution in [0.25, 0.3) is 0 Å². The lowest BCUT2D eigenvalue weighted by Gasteiger charge is -2.30. The standard InChI is InChI=1S/C12H21N/c1-10-8-13(9-11(10)2)12-6-4-3-5-7-12/h11-12H,1,3-9H2,2H3. The maximum atomic E-state index is 4.14. The largest absolute Gasteiger partial charge is 0.296 e. The molecule has 13 heavy (non-hydrogen) atoms. The van der Waals surface area contributed by atoms with Crippen LogP contribution < -0.4 is 0 Å². The molecule has 0 bridgehead atoms. The highest BCUT2D eigenvalue weighted by Gasteiger charge is 2.28. The molecule has 1 nitrogen and oxygen atoms in total. The summed E-state index contributed by atoms with van der Waals surface area (Å²) in [5.41, 5.74) is 1.45. The summed E-state index contributed by atoms with van der Waals surface area (Å²) in [4.78, 5) is 2.66. The van der Waals surface area contributed by atoms with E-state index in [1.54, 1.807) is 0 Å². The van der Waals surface area contributed by atoms with Gasteiger partial charge in [-0.3, -0.25) is 4.90 Å². The van der Waals surface area contributed by atoms with Crippen molar-refractivity contribution in [2.45, 2.75) is 45.1 Å². The van der Waals surface area contributed by atoms with Gasteiger partial charge in [-0.25, -0.2) is 0 Å². The first-order valence-corrected chi connectivity index (χ1v) is 5.69. The van der Waals surface area contributed by atoms with Crippen molar-refractivity contribution in [3.05, 3.63) is 12.2 Å². The zero-order valence-electron chi connectivity index (χ0n) is 8.76. The van der Waals surface area contributed by atoms with Gasteiger partial charge in [-0.05, 0) is 18.8 Å². The van der Waals surface area contributed by atoms with Crippen molar-refractivity contribution >= 4 is 0 Å². The monoisotopic (exact) mass is 179 g/mol. The molecule has 0 N–H and O–H groups in total. The molecular weight excluding hydrogens is 158 g/mol. The molecule has 0 radical (unpaired) electrons. The molecule has 1 heteroatoms. The van der Waals surface area contributed by atoms with E-state index in [0.29, 0.717) is 0 Å². The normalized spacial score (nSPS) is 32.7. The van der Waals surface area contributed by atoms with E-state index in [9.17, 15) is 0 Å². The molecule has 2 aliphatic rings. The highest BCUT2D eigenvalue weighted by Crippen LogP contribution is 2.29. The van der Waals surface area contributed by atoms with Crippen molar-refractivity contribution in [1.82, 2.24) is 4.90 Å². The molecule has 1 atom stereocenters. The minimum atomic E-state index is 0.738. The number of rotatable bonds is 1. The minimum Gasteiger partial charge on any atom is -0.296 e. The number of hydrogen-bond donors (Lipinski definition) is 0. The van der Waals surface area contributed by atoms with Crippen LogP contribution in [-0.4, -0.2) is 24.0 Å². The first-order valence-electron chi connectivity index (χ1n) is 5.69. The van der Waals surface area contributed by atoms with Crippen molar-refractivity contribution in [1.29, 1.82) is 0 Å². The van der Waals surface area contributed by atoms with Crippen LogP contribution in [0, 0.1) is 5.92 Å². The Morgan fingerprint density at radius 1 is 1.23 bits per heavy atom. The molecule has 0 aromatic carbocycles. The summed E-state index contributed by atoms with van der Waals surface area (Å²) in [6, 6.07) is 0.885. The number of likely N-dealkylation sites (tertiary alicyclic amines) is 1. The Hall–Kier alpha value is -0.300. The fourth-order valence-corrected chi connectivity index (χ4v) is 2.69. The van der Waals surface area contributed by atoms with Crippen LogP contribution in [0.15, 0.2) is 12.2 Å². The molecule has 1 saturated carbocycles. The summed E-state index contributed by atoms with van der Waals surface area (Å²) in [6.45, 7) is 8.89. The summed E-state index contributed by atoms with van der Waals surface area (Å²) >= 11 is 0. The first-order chi connectivity index (χ1) is 6.27. The van der Waals surface area contributed by atoms with Gasteiger partial charge in [-0.2, -0.15) is 0 Å². The Bertz CT molecular complexity index is 191. The van der Waals surface area contributed by atoms with E-state index < -0.39 is 0 Å². The van der Waals surface area contributed by atoms with Crippen molar-refractivity contribution in [3.63, 3.8) is 0 Å². The molecule has 0 spiro atoms. The molecule has 1 aliphatic heterocycles. The van der Waals surface area contributed by atoms with Crippen LogP contribution in [-0.2, 0) is 0 Å². The second kappa shape index (κ2) is 3.83. The Balaban J connectivity index is 1.90. The SMILES string of the molecule is C=C1CN(C2CCCCC2)CC1C. The minimum absolute atomic E-state index is 0.738. The van der Waals surface area contributed by atoms with Gasteiger partial charge in [0.15, 0.2) is 0 Å². The van der Waals surface area contributed by atoms with E-state index in [0.717, 1.165) is 12.0 Å². The Morgan fingerprint density at radius 2 is 1.92 bits per heavy atom. The Morgan fingerprint density at radius 3 is 2.46 bits per heavy atom. The molecule has 74 valence electrons. The third kappa shape index (κ3) is 1.96. The van der Waals surface area contributed by atoms with Gasteiger partial charge in [0.1, 0.15) is 0 Å². The van der Waals surface area contributed by atoms with E-state index in [2.05, 4.69) is 18.4 Å². The maximum Gasteiger partial charge on any atom is 0.0196 e. The molecule has 0 amide bonds. The highest BCUT2D eigenvalue weighted by molar-refractivity contribution is 5.09. The lowest BCUT2D eigenvalue weighted by molar-refractivity contribution is 0.188. The molecule has 0 aromatic heterocycles. The number of nitrogens with zero attached hydrogens (tertiary/aromatic N) is 1. The van der Waals surface area contributed by atoms with E-state index in [1.165, 1.54) is 50.8 Å². The van der Waals surface area contributed by atoms with Crippen molar-refractivity contribution in [2.75, 3.05) is 13.1 Å². The van der Waals surface area contributed by atoms with Gasteiger partial charge < -0.3 is 0 Å². The lowest BCUT2D eigenvalue weighted by atomic mass is 9.94. The number of hydrogen-bond acceptors (Lipinski definition) is 1. The van der Waals surface area contributed by atoms with Crippen LogP contribution in [0.1, 0.15) is 39.0 Å². The van der Waals surface area contributed by atoms with E-state index in [4.69, 9.17) is 0 Å². The quantitative estimate of drug-likeness (QED) is 0.559. The van der Waals surface area contributed by atoms with Crippen molar-refractivity contribution in [2.24, 2.45) is 5.92 Å². The lowest BCUT2D eigenvalue weighted by Crippen LogP contribution is -2.34. The topological polar surface area (TPSA) is 3.24 Å². The summed E-state index contributed by atoms with van der Waals surface area (Å²) < 4.78 is 0. The molecular formula is C12H21N. The van der Waals surface area contributed by atoms with E-state index in [-0.39, 0.29) is 0 Å². The summed E-state index contributed by atoms with van der Waals surface area (Å²) in [7, 11) is 0. The predicted octanol–water partition coefficient (Wildman–Crippen LogP) is 2.83. The fourth-order valence-electron chi connectivity index (χ4n) is 2.69. The van der Waals surface area contributed by atoms with Gasteiger partial charge in [0.25, 0.3) is 0 Å². The van der Waals surface area contributed by atoms with Crippen LogP contribution in [0.3, 0.4) is 0 Å². The van der Waals surface area contributed by atoms with Crippen molar-refractivity contribution in [3.8, 4) is 0 Å². The van der Waals surface area contributed by atoms with Crippen LogP contribution >= 0.6 is 0 Å². The molecule has 1 aliphatic carbocycles. The second-order valence-electron chi connectivity index (χ2n) is 4.78. The van der Waals surface area contributed by atoms with Gasteiger partial charge in [0.05, 0.1) is 0 Å². The molecule has 0 aromatic rings. The Labute approximate surface area is 81.8 Å². The second-order valence-corrected chi connectivity index (χ2v) is 4.78. The Kier molecular flexibility index (Phi) is 2.73. The van der Waals surface area contributed by atoms with Gasteiger partial charge in [-0.15, -0.1) is 0 Å². The maximum absolute atomic E-state index is 4.14. The molecule has 2 fully saturated rings. The molecule has 1 unspecified atom stereocenters. The average Bonchev–Trinajstić information content (AvgIpc) is 2.49. The van der Waals surface area contributed by atoms with E-state index in [1.807, 2.05) is 0 Å². The third-order valence-corrected chi connectivity index (χ3v) is 3.70. The zero-order chi connectivity index (χ0) is 9.26. The van der Waals surface area contributed by atoms with Gasteiger partial charge in [0.2, 0.25) is 0 Å². The summed E-state index contributed by atoms with van der Waals surface area (Å²) in [6.07, 6.45) is 7.21. The van der Waals surface area contributed by atoms with Gasteiger partial charge >= 0.3 is 0 Å². The molecule has 2 rings (SSSR count). The van der Waals surface area contributed by atoms with Gasteiger partial charge in [0, 0.05) is 19.1 Å². The van der Waals surface area contributed by atoms with E-state index >= 15 is 0 Å².